The quantitative estimate of drug-likeness (QED) is 0.263. The third-order valence-electron chi connectivity index (χ3n) is 7.48. The van der Waals surface area contributed by atoms with Crippen molar-refractivity contribution in [3.05, 3.63) is 101 Å². The second-order valence-electron chi connectivity index (χ2n) is 10.7. The van der Waals surface area contributed by atoms with Gasteiger partial charge in [0.1, 0.15) is 11.3 Å². The fraction of sp³-hybridized carbons (Fsp3) is 0.212. The lowest BCUT2D eigenvalue weighted by Crippen LogP contribution is -2.21. The maximum atomic E-state index is 12.6. The van der Waals surface area contributed by atoms with Crippen LogP contribution in [0.2, 0.25) is 0 Å². The summed E-state index contributed by atoms with van der Waals surface area (Å²) in [6.45, 7) is 6.92. The van der Waals surface area contributed by atoms with Crippen molar-refractivity contribution >= 4 is 17.1 Å². The fourth-order valence-electron chi connectivity index (χ4n) is 5.38. The molecule has 0 saturated heterocycles. The van der Waals surface area contributed by atoms with Gasteiger partial charge in [-0.05, 0) is 82.8 Å². The predicted molar refractivity (Wildman–Crippen MR) is 164 cm³/mol. The van der Waals surface area contributed by atoms with E-state index in [4.69, 9.17) is 9.97 Å². The zero-order valence-corrected chi connectivity index (χ0v) is 24.4. The lowest BCUT2D eigenvalue weighted by molar-refractivity contribution is 0.0827. The van der Waals surface area contributed by atoms with E-state index in [1.54, 1.807) is 19.0 Å². The highest BCUT2D eigenvalue weighted by molar-refractivity contribution is 5.95. The van der Waals surface area contributed by atoms with Crippen LogP contribution in [0.15, 0.2) is 72.8 Å². The smallest absolute Gasteiger partial charge is 0.253 e. The minimum Gasteiger partial charge on any atom is -0.345 e. The molecular formula is C33H32N8O. The number of imidazole rings is 1. The summed E-state index contributed by atoms with van der Waals surface area (Å²) in [4.78, 5) is 23.9. The molecule has 9 heteroatoms. The Labute approximate surface area is 244 Å². The number of tetrazole rings is 1. The van der Waals surface area contributed by atoms with Gasteiger partial charge in [-0.3, -0.25) is 4.79 Å². The van der Waals surface area contributed by atoms with Crippen molar-refractivity contribution in [2.75, 3.05) is 14.1 Å². The number of carbonyl (C=O) groups excluding carboxylic acids is 1. The van der Waals surface area contributed by atoms with Crippen LogP contribution < -0.4 is 0 Å². The molecule has 9 nitrogen and oxygen atoms in total. The summed E-state index contributed by atoms with van der Waals surface area (Å²) < 4.78 is 2.22. The fourth-order valence-corrected chi connectivity index (χ4v) is 5.38. The Kier molecular flexibility index (Phi) is 7.08. The lowest BCUT2D eigenvalue weighted by atomic mass is 9.93. The highest BCUT2D eigenvalue weighted by Crippen LogP contribution is 2.35. The van der Waals surface area contributed by atoms with Crippen LogP contribution in [0, 0.1) is 13.8 Å². The molecule has 3 aromatic heterocycles. The van der Waals surface area contributed by atoms with E-state index < -0.39 is 0 Å². The van der Waals surface area contributed by atoms with E-state index in [2.05, 4.69) is 75.4 Å². The van der Waals surface area contributed by atoms with Crippen LogP contribution in [0.1, 0.15) is 39.9 Å². The number of amides is 1. The monoisotopic (exact) mass is 556 g/mol. The Hall–Kier alpha value is -5.18. The summed E-state index contributed by atoms with van der Waals surface area (Å²) in [5.41, 5.74) is 10.6. The molecule has 1 N–H and O–H groups in total. The second kappa shape index (κ2) is 11.0. The number of fused-ring (bicyclic) bond motifs is 1. The topological polar surface area (TPSA) is 105 Å². The van der Waals surface area contributed by atoms with E-state index in [1.807, 2.05) is 43.3 Å². The molecule has 0 saturated carbocycles. The van der Waals surface area contributed by atoms with Gasteiger partial charge < -0.3 is 9.47 Å². The second-order valence-corrected chi connectivity index (χ2v) is 10.7. The highest BCUT2D eigenvalue weighted by Gasteiger charge is 2.16. The number of aryl methyl sites for hydroxylation is 3. The molecule has 0 atom stereocenters. The molecule has 42 heavy (non-hydrogen) atoms. The van der Waals surface area contributed by atoms with E-state index in [1.165, 1.54) is 0 Å². The number of carbonyl (C=O) groups is 1. The van der Waals surface area contributed by atoms with Crippen LogP contribution in [0.5, 0.6) is 0 Å². The first kappa shape index (κ1) is 27.0. The van der Waals surface area contributed by atoms with E-state index in [-0.39, 0.29) is 5.91 Å². The highest BCUT2D eigenvalue weighted by atomic mass is 16.2. The molecule has 6 rings (SSSR count). The summed E-state index contributed by atoms with van der Waals surface area (Å²) in [5, 5.41) is 14.8. The van der Waals surface area contributed by atoms with Gasteiger partial charge in [0.05, 0.1) is 6.54 Å². The average molecular weight is 557 g/mol. The molecular weight excluding hydrogens is 524 g/mol. The van der Waals surface area contributed by atoms with Gasteiger partial charge >= 0.3 is 0 Å². The first-order chi connectivity index (χ1) is 20.3. The van der Waals surface area contributed by atoms with Crippen LogP contribution >= 0.6 is 0 Å². The average Bonchev–Trinajstić information content (AvgIpc) is 3.66. The predicted octanol–water partition coefficient (Wildman–Crippen LogP) is 5.87. The number of benzene rings is 3. The SMILES string of the molecule is CCc1nc2c(C)cc(C)nc2n1Cc1ccc(-c2cc(-c3cccc(C(=O)N(C)C)c3)ccc2-c2nn[nH]n2)cc1. The van der Waals surface area contributed by atoms with E-state index in [0.29, 0.717) is 17.9 Å². The molecule has 0 bridgehead atoms. The number of rotatable bonds is 7. The van der Waals surface area contributed by atoms with Crippen molar-refractivity contribution in [3.8, 4) is 33.6 Å². The molecule has 3 aromatic carbocycles. The first-order valence-electron chi connectivity index (χ1n) is 13.9. The molecule has 0 aliphatic heterocycles. The Balaban J connectivity index is 1.39. The van der Waals surface area contributed by atoms with Gasteiger partial charge in [-0.2, -0.15) is 5.21 Å². The number of H-pyrrole nitrogens is 1. The summed E-state index contributed by atoms with van der Waals surface area (Å²) >= 11 is 0. The number of hydrogen-bond acceptors (Lipinski definition) is 6. The third kappa shape index (κ3) is 5.05. The molecule has 0 radical (unpaired) electrons. The largest absolute Gasteiger partial charge is 0.345 e. The van der Waals surface area contributed by atoms with Crippen molar-refractivity contribution in [1.82, 2.24) is 40.1 Å². The minimum absolute atomic E-state index is 0.0338. The van der Waals surface area contributed by atoms with Gasteiger partial charge in [0.25, 0.3) is 5.91 Å². The minimum atomic E-state index is -0.0338. The molecule has 0 fully saturated rings. The van der Waals surface area contributed by atoms with Crippen LogP contribution in [0.25, 0.3) is 44.8 Å². The number of hydrogen-bond donors (Lipinski definition) is 1. The van der Waals surface area contributed by atoms with Crippen molar-refractivity contribution in [3.63, 3.8) is 0 Å². The van der Waals surface area contributed by atoms with Crippen molar-refractivity contribution in [1.29, 1.82) is 0 Å². The normalized spacial score (nSPS) is 11.3. The maximum Gasteiger partial charge on any atom is 0.253 e. The van der Waals surface area contributed by atoms with Crippen LogP contribution in [0.3, 0.4) is 0 Å². The summed E-state index contributed by atoms with van der Waals surface area (Å²) in [7, 11) is 3.51. The van der Waals surface area contributed by atoms with Crippen LogP contribution in [-0.4, -0.2) is 60.1 Å². The van der Waals surface area contributed by atoms with Crippen LogP contribution in [0.4, 0.5) is 0 Å². The Morgan fingerprint density at radius 3 is 2.36 bits per heavy atom. The van der Waals surface area contributed by atoms with Crippen molar-refractivity contribution in [2.45, 2.75) is 33.7 Å². The van der Waals surface area contributed by atoms with E-state index >= 15 is 0 Å². The molecule has 210 valence electrons. The first-order valence-corrected chi connectivity index (χ1v) is 13.9. The van der Waals surface area contributed by atoms with Gasteiger partial charge in [0.15, 0.2) is 5.65 Å². The number of aromatic amines is 1. The zero-order chi connectivity index (χ0) is 29.4. The van der Waals surface area contributed by atoms with Crippen molar-refractivity contribution < 1.29 is 4.79 Å². The summed E-state index contributed by atoms with van der Waals surface area (Å²) in [6, 6.07) is 24.5. The van der Waals surface area contributed by atoms with Crippen LogP contribution in [-0.2, 0) is 13.0 Å². The third-order valence-corrected chi connectivity index (χ3v) is 7.48. The molecule has 0 unspecified atom stereocenters. The van der Waals surface area contributed by atoms with Gasteiger partial charge in [0, 0.05) is 37.3 Å². The molecule has 3 heterocycles. The van der Waals surface area contributed by atoms with Gasteiger partial charge in [0.2, 0.25) is 5.82 Å². The number of pyridine rings is 1. The summed E-state index contributed by atoms with van der Waals surface area (Å²) in [5.74, 6) is 1.51. The Morgan fingerprint density at radius 1 is 0.881 bits per heavy atom. The molecule has 0 spiro atoms. The van der Waals surface area contributed by atoms with Gasteiger partial charge in [-0.15, -0.1) is 10.2 Å². The molecule has 0 aliphatic carbocycles. The molecule has 0 aliphatic rings. The maximum absolute atomic E-state index is 12.6. The summed E-state index contributed by atoms with van der Waals surface area (Å²) in [6.07, 6.45) is 0.828. The Bertz CT molecular complexity index is 1900. The van der Waals surface area contributed by atoms with Gasteiger partial charge in [-0.1, -0.05) is 49.4 Å². The molecule has 1 amide bonds. The zero-order valence-electron chi connectivity index (χ0n) is 24.4. The lowest BCUT2D eigenvalue weighted by Gasteiger charge is -2.14. The van der Waals surface area contributed by atoms with Crippen molar-refractivity contribution in [2.24, 2.45) is 0 Å². The molecule has 6 aromatic rings. The number of nitrogens with one attached hydrogen (secondary N) is 1. The Morgan fingerprint density at radius 2 is 1.64 bits per heavy atom. The number of aromatic nitrogens is 7. The standard InChI is InChI=1S/C33H32N8O/c1-6-29-35-30-20(2)16-21(3)34-32(30)41(29)19-22-10-12-23(13-11-22)28-18-25(14-15-27(28)31-36-38-39-37-31)24-8-7-9-26(17-24)33(42)40(4)5/h7-18H,6,19H2,1-5H3,(H,36,37,38,39). The van der Waals surface area contributed by atoms with Gasteiger partial charge in [-0.25, -0.2) is 9.97 Å². The number of nitrogens with zero attached hydrogens (tertiary/aromatic N) is 7. The van der Waals surface area contributed by atoms with E-state index in [9.17, 15) is 4.79 Å². The van der Waals surface area contributed by atoms with E-state index in [0.717, 1.165) is 68.0 Å².